The molecule has 0 aliphatic carbocycles. The second-order valence-corrected chi connectivity index (χ2v) is 6.47. The van der Waals surface area contributed by atoms with Gasteiger partial charge in [0.15, 0.2) is 0 Å². The van der Waals surface area contributed by atoms with Crippen molar-refractivity contribution in [2.45, 2.75) is 19.4 Å². The monoisotopic (exact) mass is 338 g/mol. The van der Waals surface area contributed by atoms with E-state index in [9.17, 15) is 4.39 Å². The van der Waals surface area contributed by atoms with Gasteiger partial charge in [0.05, 0.1) is 6.54 Å². The standard InChI is InChI=1S/C19H19FN4O/c20-17-5-3-14(4-6-17)10-15-7-9-24(12-15)13-18-22-19(23-25-18)16-2-1-8-21-11-16/h1-6,8,11,15H,7,9-10,12-13H2. The van der Waals surface area contributed by atoms with Crippen molar-refractivity contribution in [3.63, 3.8) is 0 Å². The Labute approximate surface area is 145 Å². The van der Waals surface area contributed by atoms with Gasteiger partial charge in [-0.05, 0) is 55.1 Å². The smallest absolute Gasteiger partial charge is 0.241 e. The molecule has 0 bridgehead atoms. The number of hydrogen-bond acceptors (Lipinski definition) is 5. The number of likely N-dealkylation sites (tertiary alicyclic amines) is 1. The topological polar surface area (TPSA) is 55.1 Å². The van der Waals surface area contributed by atoms with Crippen LogP contribution in [-0.2, 0) is 13.0 Å². The third-order valence-electron chi connectivity index (χ3n) is 4.55. The van der Waals surface area contributed by atoms with Crippen LogP contribution < -0.4 is 0 Å². The van der Waals surface area contributed by atoms with Crippen LogP contribution in [0.2, 0.25) is 0 Å². The summed E-state index contributed by atoms with van der Waals surface area (Å²) in [5.74, 6) is 1.59. The van der Waals surface area contributed by atoms with Crippen molar-refractivity contribution in [1.82, 2.24) is 20.0 Å². The minimum absolute atomic E-state index is 0.183. The largest absolute Gasteiger partial charge is 0.338 e. The zero-order valence-electron chi connectivity index (χ0n) is 13.8. The molecule has 1 saturated heterocycles. The third kappa shape index (κ3) is 3.91. The van der Waals surface area contributed by atoms with Gasteiger partial charge in [-0.1, -0.05) is 17.3 Å². The molecule has 1 aromatic carbocycles. The minimum atomic E-state index is -0.183. The zero-order valence-corrected chi connectivity index (χ0v) is 13.8. The Hall–Kier alpha value is -2.60. The van der Waals surface area contributed by atoms with Crippen molar-refractivity contribution >= 4 is 0 Å². The molecule has 4 rings (SSSR count). The van der Waals surface area contributed by atoms with E-state index in [2.05, 4.69) is 20.0 Å². The summed E-state index contributed by atoms with van der Waals surface area (Å²) in [6.07, 6.45) is 5.54. The summed E-state index contributed by atoms with van der Waals surface area (Å²) in [5, 5.41) is 4.04. The Morgan fingerprint density at radius 1 is 1.20 bits per heavy atom. The van der Waals surface area contributed by atoms with Crippen LogP contribution in [0, 0.1) is 11.7 Å². The maximum Gasteiger partial charge on any atom is 0.241 e. The van der Waals surface area contributed by atoms with E-state index in [1.54, 1.807) is 12.4 Å². The van der Waals surface area contributed by atoms with Crippen LogP contribution in [0.4, 0.5) is 4.39 Å². The average molecular weight is 338 g/mol. The second-order valence-electron chi connectivity index (χ2n) is 6.47. The van der Waals surface area contributed by atoms with E-state index < -0.39 is 0 Å². The van der Waals surface area contributed by atoms with E-state index in [1.165, 1.54) is 17.7 Å². The highest BCUT2D eigenvalue weighted by Gasteiger charge is 2.24. The molecule has 6 heteroatoms. The SMILES string of the molecule is Fc1ccc(CC2CCN(Cc3nc(-c4cccnc4)no3)C2)cc1. The van der Waals surface area contributed by atoms with Crippen molar-refractivity contribution in [3.8, 4) is 11.4 Å². The van der Waals surface area contributed by atoms with Crippen LogP contribution in [0.15, 0.2) is 53.3 Å². The number of benzene rings is 1. The van der Waals surface area contributed by atoms with Gasteiger partial charge in [-0.15, -0.1) is 0 Å². The van der Waals surface area contributed by atoms with E-state index in [0.717, 1.165) is 31.5 Å². The van der Waals surface area contributed by atoms with E-state index in [-0.39, 0.29) is 5.82 Å². The maximum atomic E-state index is 13.0. The van der Waals surface area contributed by atoms with Crippen molar-refractivity contribution in [1.29, 1.82) is 0 Å². The summed E-state index contributed by atoms with van der Waals surface area (Å²) in [7, 11) is 0. The average Bonchev–Trinajstić information content (AvgIpc) is 3.28. The predicted molar refractivity (Wildman–Crippen MR) is 91.0 cm³/mol. The van der Waals surface area contributed by atoms with Gasteiger partial charge in [-0.3, -0.25) is 9.88 Å². The lowest BCUT2D eigenvalue weighted by atomic mass is 9.99. The molecule has 128 valence electrons. The van der Waals surface area contributed by atoms with Crippen LogP contribution in [-0.4, -0.2) is 33.1 Å². The van der Waals surface area contributed by atoms with Crippen molar-refractivity contribution in [2.24, 2.45) is 5.92 Å². The summed E-state index contributed by atoms with van der Waals surface area (Å²) < 4.78 is 18.4. The van der Waals surface area contributed by atoms with Gasteiger partial charge in [0.25, 0.3) is 0 Å². The van der Waals surface area contributed by atoms with Crippen LogP contribution in [0.1, 0.15) is 17.9 Å². The Morgan fingerprint density at radius 3 is 2.88 bits per heavy atom. The van der Waals surface area contributed by atoms with Crippen LogP contribution >= 0.6 is 0 Å². The number of halogens is 1. The van der Waals surface area contributed by atoms with Crippen molar-refractivity contribution in [2.75, 3.05) is 13.1 Å². The lowest BCUT2D eigenvalue weighted by molar-refractivity contribution is 0.260. The first-order valence-electron chi connectivity index (χ1n) is 8.46. The lowest BCUT2D eigenvalue weighted by Crippen LogP contribution is -2.20. The molecule has 0 N–H and O–H groups in total. The molecule has 1 fully saturated rings. The summed E-state index contributed by atoms with van der Waals surface area (Å²) in [6, 6.07) is 10.6. The molecule has 2 aromatic heterocycles. The zero-order chi connectivity index (χ0) is 17.1. The Bertz CT molecular complexity index is 819. The van der Waals surface area contributed by atoms with Gasteiger partial charge in [0.1, 0.15) is 5.82 Å². The van der Waals surface area contributed by atoms with Gasteiger partial charge in [-0.2, -0.15) is 4.98 Å². The summed E-state index contributed by atoms with van der Waals surface area (Å²) >= 11 is 0. The van der Waals surface area contributed by atoms with Gasteiger partial charge >= 0.3 is 0 Å². The highest BCUT2D eigenvalue weighted by molar-refractivity contribution is 5.51. The molecule has 0 spiro atoms. The number of aromatic nitrogens is 3. The molecule has 1 atom stereocenters. The lowest BCUT2D eigenvalue weighted by Gasteiger charge is -2.13. The second kappa shape index (κ2) is 7.11. The van der Waals surface area contributed by atoms with Crippen LogP contribution in [0.5, 0.6) is 0 Å². The molecule has 0 saturated carbocycles. The van der Waals surface area contributed by atoms with Crippen LogP contribution in [0.3, 0.4) is 0 Å². The molecular weight excluding hydrogens is 319 g/mol. The van der Waals surface area contributed by atoms with Gasteiger partial charge in [-0.25, -0.2) is 4.39 Å². The minimum Gasteiger partial charge on any atom is -0.338 e. The fraction of sp³-hybridized carbons (Fsp3) is 0.316. The third-order valence-corrected chi connectivity index (χ3v) is 4.55. The fourth-order valence-electron chi connectivity index (χ4n) is 3.30. The fourth-order valence-corrected chi connectivity index (χ4v) is 3.30. The summed E-state index contributed by atoms with van der Waals surface area (Å²) in [5.41, 5.74) is 2.04. The molecule has 0 amide bonds. The highest BCUT2D eigenvalue weighted by atomic mass is 19.1. The summed E-state index contributed by atoms with van der Waals surface area (Å²) in [4.78, 5) is 10.9. The van der Waals surface area contributed by atoms with E-state index in [1.807, 2.05) is 24.3 Å². The van der Waals surface area contributed by atoms with Gasteiger partial charge in [0, 0.05) is 24.5 Å². The van der Waals surface area contributed by atoms with Gasteiger partial charge in [0.2, 0.25) is 11.7 Å². The van der Waals surface area contributed by atoms with E-state index >= 15 is 0 Å². The first-order chi connectivity index (χ1) is 12.3. The Morgan fingerprint density at radius 2 is 2.08 bits per heavy atom. The Kier molecular flexibility index (Phi) is 4.52. The number of pyridine rings is 1. The molecule has 0 radical (unpaired) electrons. The normalized spacial score (nSPS) is 17.9. The first kappa shape index (κ1) is 15.9. The van der Waals surface area contributed by atoms with E-state index in [4.69, 9.17) is 4.52 Å². The molecular formula is C19H19FN4O. The molecule has 1 aliphatic heterocycles. The summed E-state index contributed by atoms with van der Waals surface area (Å²) in [6.45, 7) is 2.66. The predicted octanol–water partition coefficient (Wildman–Crippen LogP) is 3.34. The van der Waals surface area contributed by atoms with Crippen molar-refractivity contribution < 1.29 is 8.91 Å². The molecule has 3 aromatic rings. The van der Waals surface area contributed by atoms with Crippen LogP contribution in [0.25, 0.3) is 11.4 Å². The van der Waals surface area contributed by atoms with Gasteiger partial charge < -0.3 is 4.52 Å². The first-order valence-corrected chi connectivity index (χ1v) is 8.46. The van der Waals surface area contributed by atoms with E-state index in [0.29, 0.717) is 24.2 Å². The number of nitrogens with zero attached hydrogens (tertiary/aromatic N) is 4. The highest BCUT2D eigenvalue weighted by Crippen LogP contribution is 2.23. The molecule has 5 nitrogen and oxygen atoms in total. The maximum absolute atomic E-state index is 13.0. The number of rotatable bonds is 5. The Balaban J connectivity index is 1.34. The quantitative estimate of drug-likeness (QED) is 0.714. The molecule has 3 heterocycles. The van der Waals surface area contributed by atoms with Crippen molar-refractivity contribution in [3.05, 3.63) is 66.1 Å². The number of hydrogen-bond donors (Lipinski definition) is 0. The molecule has 25 heavy (non-hydrogen) atoms. The molecule has 1 unspecified atom stereocenters. The molecule has 1 aliphatic rings.